The second kappa shape index (κ2) is 10.3. The number of nitrogens with one attached hydrogen (secondary N) is 1. The minimum atomic E-state index is 0.492. The third-order valence-electron chi connectivity index (χ3n) is 6.20. The number of aromatic nitrogens is 1. The fraction of sp³-hybridized carbons (Fsp3) is 0.565. The number of hydrogen-bond donors (Lipinski definition) is 1. The van der Waals surface area contributed by atoms with E-state index in [2.05, 4.69) is 68.6 Å². The minimum absolute atomic E-state index is 0.492. The summed E-state index contributed by atoms with van der Waals surface area (Å²) in [6, 6.07) is 11.1. The number of pyridine rings is 1. The van der Waals surface area contributed by atoms with Gasteiger partial charge in [-0.3, -0.25) is 9.89 Å². The Morgan fingerprint density at radius 3 is 2.73 bits per heavy atom. The van der Waals surface area contributed by atoms with Crippen molar-refractivity contribution in [3.8, 4) is 0 Å². The van der Waals surface area contributed by atoms with E-state index in [0.29, 0.717) is 12.0 Å². The van der Waals surface area contributed by atoms with Crippen LogP contribution < -0.4 is 10.2 Å². The molecule has 4 heterocycles. The lowest BCUT2D eigenvalue weighted by molar-refractivity contribution is 0.128. The Hall–Kier alpha value is -2.12. The van der Waals surface area contributed by atoms with Crippen LogP contribution in [-0.4, -0.2) is 73.6 Å². The third kappa shape index (κ3) is 4.95. The number of likely N-dealkylation sites (tertiary alicyclic amines) is 1. The van der Waals surface area contributed by atoms with Crippen molar-refractivity contribution in [2.45, 2.75) is 25.8 Å². The average molecular weight is 427 g/mol. The first-order valence-corrected chi connectivity index (χ1v) is 12.1. The summed E-state index contributed by atoms with van der Waals surface area (Å²) in [4.78, 5) is 18.4. The van der Waals surface area contributed by atoms with E-state index < -0.39 is 0 Å². The molecular formula is C23H34N6S. The van der Waals surface area contributed by atoms with Gasteiger partial charge in [-0.05, 0) is 62.9 Å². The number of piperidine rings is 1. The van der Waals surface area contributed by atoms with Gasteiger partial charge in [0.15, 0.2) is 5.96 Å². The van der Waals surface area contributed by atoms with Gasteiger partial charge < -0.3 is 15.1 Å². The van der Waals surface area contributed by atoms with Gasteiger partial charge in [-0.1, -0.05) is 12.1 Å². The van der Waals surface area contributed by atoms with Gasteiger partial charge in [0.1, 0.15) is 5.82 Å². The van der Waals surface area contributed by atoms with Crippen LogP contribution in [0.2, 0.25) is 0 Å². The van der Waals surface area contributed by atoms with Crippen molar-refractivity contribution in [1.29, 1.82) is 0 Å². The number of hydrogen-bond acceptors (Lipinski definition) is 5. The minimum Gasteiger partial charge on any atom is -0.357 e. The number of piperazine rings is 1. The molecule has 2 saturated heterocycles. The fourth-order valence-electron chi connectivity index (χ4n) is 4.68. The van der Waals surface area contributed by atoms with Crippen LogP contribution in [-0.2, 0) is 0 Å². The molecule has 4 rings (SSSR count). The third-order valence-corrected chi connectivity index (χ3v) is 7.15. The highest BCUT2D eigenvalue weighted by atomic mass is 32.1. The largest absolute Gasteiger partial charge is 0.357 e. The zero-order chi connectivity index (χ0) is 20.8. The Morgan fingerprint density at radius 1 is 1.17 bits per heavy atom. The Kier molecular flexibility index (Phi) is 7.23. The molecule has 0 amide bonds. The maximum absolute atomic E-state index is 5.13. The van der Waals surface area contributed by atoms with Gasteiger partial charge in [0.05, 0.1) is 0 Å². The summed E-state index contributed by atoms with van der Waals surface area (Å²) in [5.41, 5.74) is 0. The quantitative estimate of drug-likeness (QED) is 0.587. The van der Waals surface area contributed by atoms with Crippen LogP contribution in [0.5, 0.6) is 0 Å². The summed E-state index contributed by atoms with van der Waals surface area (Å²) in [7, 11) is 2.27. The molecular weight excluding hydrogens is 392 g/mol. The van der Waals surface area contributed by atoms with E-state index in [1.54, 1.807) is 0 Å². The van der Waals surface area contributed by atoms with Crippen molar-refractivity contribution in [2.75, 3.05) is 57.8 Å². The Bertz CT molecular complexity index is 785. The summed E-state index contributed by atoms with van der Waals surface area (Å²) in [6.07, 6.45) is 4.39. The van der Waals surface area contributed by atoms with Gasteiger partial charge >= 0.3 is 0 Å². The lowest BCUT2D eigenvalue weighted by Crippen LogP contribution is -2.53. The molecule has 2 aromatic heterocycles. The van der Waals surface area contributed by atoms with Crippen molar-refractivity contribution >= 4 is 23.1 Å². The van der Waals surface area contributed by atoms with Gasteiger partial charge in [-0.15, -0.1) is 11.3 Å². The first-order valence-electron chi connectivity index (χ1n) is 11.2. The second-order valence-electron chi connectivity index (χ2n) is 8.20. The van der Waals surface area contributed by atoms with E-state index in [1.807, 2.05) is 23.6 Å². The molecule has 0 spiro atoms. The Labute approximate surface area is 184 Å². The average Bonchev–Trinajstić information content (AvgIpc) is 3.32. The molecule has 2 atom stereocenters. The number of anilines is 1. The summed E-state index contributed by atoms with van der Waals surface area (Å²) < 4.78 is 0. The van der Waals surface area contributed by atoms with Crippen molar-refractivity contribution in [3.05, 3.63) is 46.8 Å². The normalized spacial score (nSPS) is 23.6. The van der Waals surface area contributed by atoms with E-state index >= 15 is 0 Å². The van der Waals surface area contributed by atoms with Crippen LogP contribution in [0.25, 0.3) is 0 Å². The molecule has 2 fully saturated rings. The highest BCUT2D eigenvalue weighted by molar-refractivity contribution is 7.10. The van der Waals surface area contributed by atoms with Crippen LogP contribution in [0.3, 0.4) is 0 Å². The van der Waals surface area contributed by atoms with Crippen molar-refractivity contribution in [3.63, 3.8) is 0 Å². The molecule has 162 valence electrons. The lowest BCUT2D eigenvalue weighted by atomic mass is 9.88. The molecule has 2 aliphatic heterocycles. The molecule has 6 nitrogen and oxygen atoms in total. The zero-order valence-electron chi connectivity index (χ0n) is 18.2. The molecule has 2 aromatic rings. The van der Waals surface area contributed by atoms with Gasteiger partial charge in [-0.2, -0.15) is 0 Å². The van der Waals surface area contributed by atoms with Crippen LogP contribution in [0.1, 0.15) is 30.7 Å². The smallest absolute Gasteiger partial charge is 0.194 e. The second-order valence-corrected chi connectivity index (χ2v) is 9.18. The van der Waals surface area contributed by atoms with Crippen LogP contribution in [0, 0.1) is 5.92 Å². The highest BCUT2D eigenvalue weighted by Crippen LogP contribution is 2.37. The van der Waals surface area contributed by atoms with E-state index in [-0.39, 0.29) is 0 Å². The van der Waals surface area contributed by atoms with Crippen LogP contribution >= 0.6 is 11.3 Å². The number of thiophene rings is 1. The fourth-order valence-corrected chi connectivity index (χ4v) is 5.66. The molecule has 7 heteroatoms. The zero-order valence-corrected chi connectivity index (χ0v) is 19.0. The lowest BCUT2D eigenvalue weighted by Gasteiger charge is -2.39. The first-order chi connectivity index (χ1) is 14.8. The summed E-state index contributed by atoms with van der Waals surface area (Å²) in [5.74, 6) is 2.71. The number of aliphatic imine (C=N–C) groups is 1. The van der Waals surface area contributed by atoms with Crippen molar-refractivity contribution in [2.24, 2.45) is 10.9 Å². The van der Waals surface area contributed by atoms with E-state index in [0.717, 1.165) is 51.0 Å². The van der Waals surface area contributed by atoms with Crippen molar-refractivity contribution in [1.82, 2.24) is 20.1 Å². The molecule has 2 aliphatic rings. The summed E-state index contributed by atoms with van der Waals surface area (Å²) in [5, 5.41) is 5.74. The standard InChI is InChI=1S/C23H34N6S/c1-3-24-23(29-15-13-28(14-16-29)21-10-4-5-11-25-21)26-18-19-8-6-12-27(2)22(19)20-9-7-17-30-20/h4-5,7,9-11,17,19,22H,3,6,8,12-16,18H2,1-2H3,(H,24,26). The van der Waals surface area contributed by atoms with Gasteiger partial charge in [-0.25, -0.2) is 4.98 Å². The Balaban J connectivity index is 1.41. The topological polar surface area (TPSA) is 47.0 Å². The number of guanidine groups is 1. The maximum atomic E-state index is 5.13. The molecule has 30 heavy (non-hydrogen) atoms. The van der Waals surface area contributed by atoms with Gasteiger partial charge in [0.2, 0.25) is 0 Å². The van der Waals surface area contributed by atoms with Gasteiger partial charge in [0.25, 0.3) is 0 Å². The molecule has 2 unspecified atom stereocenters. The van der Waals surface area contributed by atoms with E-state index in [4.69, 9.17) is 4.99 Å². The molecule has 1 N–H and O–H groups in total. The summed E-state index contributed by atoms with van der Waals surface area (Å²) in [6.45, 7) is 9.02. The van der Waals surface area contributed by atoms with E-state index in [1.165, 1.54) is 24.3 Å². The van der Waals surface area contributed by atoms with Crippen molar-refractivity contribution < 1.29 is 0 Å². The molecule has 0 radical (unpaired) electrons. The van der Waals surface area contributed by atoms with Crippen LogP contribution in [0.15, 0.2) is 46.9 Å². The van der Waals surface area contributed by atoms with Crippen LogP contribution in [0.4, 0.5) is 5.82 Å². The monoisotopic (exact) mass is 426 g/mol. The molecule has 0 aliphatic carbocycles. The first kappa shape index (κ1) is 21.1. The maximum Gasteiger partial charge on any atom is 0.194 e. The summed E-state index contributed by atoms with van der Waals surface area (Å²) >= 11 is 1.88. The highest BCUT2D eigenvalue weighted by Gasteiger charge is 2.31. The van der Waals surface area contributed by atoms with Gasteiger partial charge in [0, 0.05) is 56.4 Å². The van der Waals surface area contributed by atoms with E-state index in [9.17, 15) is 0 Å². The predicted molar refractivity (Wildman–Crippen MR) is 126 cm³/mol. The molecule has 0 aromatic carbocycles. The molecule has 0 bridgehead atoms. The number of nitrogens with zero attached hydrogens (tertiary/aromatic N) is 5. The predicted octanol–water partition coefficient (Wildman–Crippen LogP) is 3.31. The Morgan fingerprint density at radius 2 is 2.03 bits per heavy atom. The molecule has 0 saturated carbocycles. The SMILES string of the molecule is CCNC(=NCC1CCCN(C)C1c1cccs1)N1CCN(c2ccccn2)CC1. The number of rotatable bonds is 5.